The van der Waals surface area contributed by atoms with Crippen molar-refractivity contribution < 1.29 is 8.83 Å². The Kier molecular flexibility index (Phi) is 15.6. The van der Waals surface area contributed by atoms with E-state index in [0.29, 0.717) is 23.7 Å². The summed E-state index contributed by atoms with van der Waals surface area (Å²) in [6.45, 7) is 4.53. The molecule has 4 heteroatoms. The first-order valence-corrected chi connectivity index (χ1v) is 37.2. The van der Waals surface area contributed by atoms with E-state index in [1.165, 1.54) is 217 Å². The van der Waals surface area contributed by atoms with Gasteiger partial charge >= 0.3 is 0 Å². The summed E-state index contributed by atoms with van der Waals surface area (Å²) in [7, 11) is 0. The topological polar surface area (TPSA) is 32.8 Å². The van der Waals surface area contributed by atoms with Gasteiger partial charge in [0.15, 0.2) is 11.2 Å². The van der Waals surface area contributed by atoms with E-state index in [-0.39, 0.29) is 0 Å². The maximum atomic E-state index is 7.57. The number of fused-ring (bicyclic) bond motifs is 6. The molecule has 0 amide bonds. The lowest BCUT2D eigenvalue weighted by molar-refractivity contribution is 0.443. The molecule has 2 aromatic heterocycles. The molecule has 4 fully saturated rings. The van der Waals surface area contributed by atoms with Crippen LogP contribution in [0.4, 0.5) is 34.1 Å². The molecule has 96 heavy (non-hydrogen) atoms. The van der Waals surface area contributed by atoms with E-state index in [4.69, 9.17) is 8.83 Å². The van der Waals surface area contributed by atoms with Crippen molar-refractivity contribution in [1.82, 2.24) is 0 Å². The summed E-state index contributed by atoms with van der Waals surface area (Å²) in [6.07, 6.45) is 27.2. The van der Waals surface area contributed by atoms with Gasteiger partial charge in [0.05, 0.1) is 22.7 Å². The van der Waals surface area contributed by atoms with Gasteiger partial charge in [-0.3, -0.25) is 0 Å². The number of nitrogens with zero attached hydrogens (tertiary/aromatic N) is 2. The maximum absolute atomic E-state index is 7.57. The number of para-hydroxylation sites is 4. The van der Waals surface area contributed by atoms with E-state index in [9.17, 15) is 0 Å². The highest BCUT2D eigenvalue weighted by molar-refractivity contribution is 6.30. The third kappa shape index (κ3) is 10.1. The van der Waals surface area contributed by atoms with Crippen LogP contribution < -0.4 is 9.80 Å². The van der Waals surface area contributed by atoms with Crippen molar-refractivity contribution in [2.45, 2.75) is 179 Å². The number of benzene rings is 12. The summed E-state index contributed by atoms with van der Waals surface area (Å²) in [6, 6.07) is 80.4. The number of aryl methyl sites for hydroxylation is 2. The molecule has 0 atom stereocenters. The summed E-state index contributed by atoms with van der Waals surface area (Å²) in [5.41, 5.74) is 24.0. The van der Waals surface area contributed by atoms with Crippen molar-refractivity contribution in [3.05, 3.63) is 240 Å². The van der Waals surface area contributed by atoms with Crippen molar-refractivity contribution >= 4 is 110 Å². The summed E-state index contributed by atoms with van der Waals surface area (Å²) in [5, 5.41) is 12.7. The normalized spacial score (nSPS) is 16.6. The number of anilines is 6. The van der Waals surface area contributed by atoms with Crippen molar-refractivity contribution in [3.63, 3.8) is 0 Å². The highest BCUT2D eigenvalue weighted by atomic mass is 16.3. The Morgan fingerprint density at radius 3 is 1.00 bits per heavy atom. The fraction of sp³-hybridized carbons (Fsp3) is 0.304. The van der Waals surface area contributed by atoms with Crippen LogP contribution in [0.1, 0.15) is 199 Å². The quantitative estimate of drug-likeness (QED) is 0.102. The van der Waals surface area contributed by atoms with Gasteiger partial charge in [-0.1, -0.05) is 249 Å². The van der Waals surface area contributed by atoms with Gasteiger partial charge in [-0.2, -0.15) is 0 Å². The number of hydrogen-bond donors (Lipinski definition) is 0. The molecule has 0 N–H and O–H groups in total. The fourth-order valence-corrected chi connectivity index (χ4v) is 18.9. The summed E-state index contributed by atoms with van der Waals surface area (Å²) >= 11 is 0. The van der Waals surface area contributed by atoms with Crippen molar-refractivity contribution in [1.29, 1.82) is 0 Å². The van der Waals surface area contributed by atoms with E-state index >= 15 is 0 Å². The third-order valence-electron chi connectivity index (χ3n) is 23.8. The predicted molar refractivity (Wildman–Crippen MR) is 407 cm³/mol. The molecule has 0 radical (unpaired) electrons. The molecule has 0 spiro atoms. The molecule has 18 rings (SSSR count). The molecule has 12 aromatic carbocycles. The maximum Gasteiger partial charge on any atom is 0.159 e. The second-order valence-corrected chi connectivity index (χ2v) is 29.1. The molecule has 14 aromatic rings. The van der Waals surface area contributed by atoms with Gasteiger partial charge in [0.25, 0.3) is 0 Å². The second kappa shape index (κ2) is 25.1. The first-order chi connectivity index (χ1) is 47.6. The monoisotopic (exact) mass is 1250 g/mol. The number of hydrogen-bond acceptors (Lipinski definition) is 4. The molecule has 2 heterocycles. The predicted octanol–water partition coefficient (Wildman–Crippen LogP) is 28.0. The fourth-order valence-electron chi connectivity index (χ4n) is 18.9. The van der Waals surface area contributed by atoms with Crippen LogP contribution in [0.25, 0.3) is 98.4 Å². The van der Waals surface area contributed by atoms with Gasteiger partial charge in [-0.25, -0.2) is 0 Å². The minimum atomic E-state index is 0.428. The molecule has 0 bridgehead atoms. The van der Waals surface area contributed by atoms with Gasteiger partial charge in [-0.05, 0) is 202 Å². The van der Waals surface area contributed by atoms with Crippen molar-refractivity contribution in [3.8, 4) is 22.3 Å². The average Bonchev–Trinajstić information content (AvgIpc) is 0.713. The lowest BCUT2D eigenvalue weighted by Crippen LogP contribution is -2.15. The zero-order valence-electron chi connectivity index (χ0n) is 56.2. The summed E-state index contributed by atoms with van der Waals surface area (Å²) in [4.78, 5) is 5.26. The minimum absolute atomic E-state index is 0.428. The van der Waals surface area contributed by atoms with Gasteiger partial charge in [-0.15, -0.1) is 0 Å². The van der Waals surface area contributed by atoms with Crippen LogP contribution in [0.3, 0.4) is 0 Å². The Labute approximate surface area is 566 Å². The summed E-state index contributed by atoms with van der Waals surface area (Å²) < 4.78 is 15.1. The molecule has 0 aliphatic heterocycles. The van der Waals surface area contributed by atoms with Crippen LogP contribution in [-0.4, -0.2) is 0 Å². The lowest BCUT2D eigenvalue weighted by atomic mass is 9.77. The standard InChI is InChI=1S/C92H88N2O2/c1-3-59-25-17-19-35-69(59)73-37-21-39-75-77-41-23-43-83(91(77)95-89(73)75)93(67-49-45-63(46-50-67)61-27-9-5-10-28-61)85-57-81(65-31-13-7-14-32-65)71-54-56-80-86(58-82(66-33-15-8-16-34-66)72-53-55-79(85)87(71)88(72)80)94(68-51-47-64(48-52-68)62-29-11-6-12-30-62)84-44-24-42-78-76-40-22-38-74(90(76)96-92(78)84)70-36-20-18-26-60(70)4-2/h17-26,35-58,61-62,65-66H,3-16,27-34H2,1-2H3. The zero-order valence-corrected chi connectivity index (χ0v) is 56.2. The van der Waals surface area contributed by atoms with E-state index in [1.54, 1.807) is 0 Å². The van der Waals surface area contributed by atoms with Crippen LogP contribution in [0.15, 0.2) is 215 Å². The second-order valence-electron chi connectivity index (χ2n) is 29.1. The van der Waals surface area contributed by atoms with Crippen LogP contribution in [-0.2, 0) is 12.8 Å². The Morgan fingerprint density at radius 1 is 0.281 bits per heavy atom. The zero-order chi connectivity index (χ0) is 63.8. The van der Waals surface area contributed by atoms with E-state index < -0.39 is 0 Å². The van der Waals surface area contributed by atoms with Crippen LogP contribution in [0.5, 0.6) is 0 Å². The first-order valence-electron chi connectivity index (χ1n) is 37.2. The van der Waals surface area contributed by atoms with Crippen molar-refractivity contribution in [2.75, 3.05) is 9.80 Å². The van der Waals surface area contributed by atoms with Gasteiger partial charge < -0.3 is 18.6 Å². The van der Waals surface area contributed by atoms with Crippen LogP contribution in [0, 0.1) is 0 Å². The highest BCUT2D eigenvalue weighted by Crippen LogP contribution is 2.56. The Morgan fingerprint density at radius 2 is 0.615 bits per heavy atom. The third-order valence-corrected chi connectivity index (χ3v) is 23.8. The van der Waals surface area contributed by atoms with Crippen LogP contribution in [0.2, 0.25) is 0 Å². The number of rotatable bonds is 14. The van der Waals surface area contributed by atoms with Crippen molar-refractivity contribution in [2.24, 2.45) is 0 Å². The Bertz CT molecular complexity index is 4870. The van der Waals surface area contributed by atoms with E-state index in [1.807, 2.05) is 0 Å². The lowest BCUT2D eigenvalue weighted by Gasteiger charge is -2.33. The van der Waals surface area contributed by atoms with Gasteiger partial charge in [0.1, 0.15) is 11.2 Å². The minimum Gasteiger partial charge on any atom is -0.453 e. The SMILES string of the molecule is CCc1ccccc1-c1cccc2c1oc1c(N(c3ccc(C4CCCCC4)cc3)c3cc(C4CCCCC4)c4ccc5c(N(c6ccc(C7CCCCC7)cc6)c6cccc7c6oc6c(-c8ccccc8CC)cccc67)cc(C6CCCCC6)c6ccc3c4c65)cccc12. The highest BCUT2D eigenvalue weighted by Gasteiger charge is 2.33. The van der Waals surface area contributed by atoms with E-state index in [2.05, 4.69) is 230 Å². The largest absolute Gasteiger partial charge is 0.453 e. The smallest absolute Gasteiger partial charge is 0.159 e. The van der Waals surface area contributed by atoms with Gasteiger partial charge in [0.2, 0.25) is 0 Å². The summed E-state index contributed by atoms with van der Waals surface area (Å²) in [5.74, 6) is 2.05. The molecular weight excluding hydrogens is 1170 g/mol. The molecular formula is C92H88N2O2. The number of furan rings is 2. The molecule has 4 aliphatic rings. The van der Waals surface area contributed by atoms with Crippen LogP contribution >= 0.6 is 0 Å². The average molecular weight is 1250 g/mol. The molecule has 4 saturated carbocycles. The van der Waals surface area contributed by atoms with Gasteiger partial charge in [0, 0.05) is 54.8 Å². The molecule has 4 aliphatic carbocycles. The Balaban J connectivity index is 0.923. The molecule has 478 valence electrons. The Hall–Kier alpha value is -9.12. The molecule has 4 nitrogen and oxygen atoms in total. The van der Waals surface area contributed by atoms with E-state index in [0.717, 1.165) is 90.6 Å². The molecule has 0 saturated heterocycles. The molecule has 0 unspecified atom stereocenters. The first kappa shape index (κ1) is 59.4.